The Kier molecular flexibility index (Phi) is 4.25. The number of amides is 2. The molecule has 2 amide bonds. The second-order valence-electron chi connectivity index (χ2n) is 8.90. The van der Waals surface area contributed by atoms with Crippen molar-refractivity contribution < 1.29 is 9.59 Å². The molecule has 3 nitrogen and oxygen atoms in total. The Morgan fingerprint density at radius 1 is 0.656 bits per heavy atom. The van der Waals surface area contributed by atoms with Crippen LogP contribution < -0.4 is 4.90 Å². The second-order valence-corrected chi connectivity index (χ2v) is 8.90. The normalized spacial score (nSPS) is 25.5. The standard InChI is InChI=1S/C29H23NO2/c1-18-12-14-21(15-13-18)30-28(31)26-22-16-17-23(27(26)29(30)32)25(22)24(19-8-4-2-5-9-19)20-10-6-3-7-11-20/h2-17,22-23,26-27H,1H3/t22-,23+,26-,27-/m0/s1. The van der Waals surface area contributed by atoms with Gasteiger partial charge in [-0.2, -0.15) is 0 Å². The van der Waals surface area contributed by atoms with E-state index in [4.69, 9.17) is 0 Å². The summed E-state index contributed by atoms with van der Waals surface area (Å²) < 4.78 is 0. The first-order chi connectivity index (χ1) is 15.6. The van der Waals surface area contributed by atoms with Crippen LogP contribution in [0.2, 0.25) is 0 Å². The quantitative estimate of drug-likeness (QED) is 0.422. The zero-order valence-electron chi connectivity index (χ0n) is 17.8. The van der Waals surface area contributed by atoms with Crippen molar-refractivity contribution in [3.05, 3.63) is 119 Å². The van der Waals surface area contributed by atoms with Crippen LogP contribution in [0.3, 0.4) is 0 Å². The van der Waals surface area contributed by atoms with Crippen molar-refractivity contribution in [2.45, 2.75) is 6.92 Å². The molecule has 2 bridgehead atoms. The van der Waals surface area contributed by atoms with E-state index in [1.54, 1.807) is 0 Å². The van der Waals surface area contributed by atoms with Crippen molar-refractivity contribution >= 4 is 23.1 Å². The summed E-state index contributed by atoms with van der Waals surface area (Å²) in [4.78, 5) is 28.5. The Labute approximate surface area is 187 Å². The number of fused-ring (bicyclic) bond motifs is 5. The van der Waals surface area contributed by atoms with E-state index in [0.717, 1.165) is 22.3 Å². The lowest BCUT2D eigenvalue weighted by atomic mass is 9.85. The molecule has 3 heteroatoms. The molecule has 0 radical (unpaired) electrons. The average Bonchev–Trinajstić information content (AvgIpc) is 3.46. The van der Waals surface area contributed by atoms with Crippen LogP contribution in [0.15, 0.2) is 103 Å². The van der Waals surface area contributed by atoms with Crippen LogP contribution in [0.1, 0.15) is 16.7 Å². The van der Waals surface area contributed by atoms with Crippen molar-refractivity contribution in [1.82, 2.24) is 0 Å². The summed E-state index contributed by atoms with van der Waals surface area (Å²) >= 11 is 0. The first-order valence-electron chi connectivity index (χ1n) is 11.1. The number of anilines is 1. The van der Waals surface area contributed by atoms with Gasteiger partial charge >= 0.3 is 0 Å². The third-order valence-corrected chi connectivity index (χ3v) is 7.12. The molecule has 3 aromatic carbocycles. The molecule has 0 spiro atoms. The molecule has 3 aromatic rings. The van der Waals surface area contributed by atoms with Gasteiger partial charge in [0.25, 0.3) is 0 Å². The monoisotopic (exact) mass is 417 g/mol. The van der Waals surface area contributed by atoms with Gasteiger partial charge in [-0.05, 0) is 41.3 Å². The molecule has 1 heterocycles. The average molecular weight is 418 g/mol. The van der Waals surface area contributed by atoms with Gasteiger partial charge in [0.15, 0.2) is 0 Å². The van der Waals surface area contributed by atoms with E-state index in [-0.39, 0.29) is 35.5 Å². The van der Waals surface area contributed by atoms with Crippen LogP contribution in [-0.4, -0.2) is 11.8 Å². The largest absolute Gasteiger partial charge is 0.274 e. The molecule has 6 rings (SSSR count). The summed E-state index contributed by atoms with van der Waals surface area (Å²) in [7, 11) is 0. The highest BCUT2D eigenvalue weighted by Crippen LogP contribution is 2.58. The highest BCUT2D eigenvalue weighted by Gasteiger charge is 2.62. The van der Waals surface area contributed by atoms with Crippen molar-refractivity contribution in [2.24, 2.45) is 23.7 Å². The summed E-state index contributed by atoms with van der Waals surface area (Å²) in [5.41, 5.74) is 6.41. The third kappa shape index (κ3) is 2.67. The number of hydrogen-bond acceptors (Lipinski definition) is 2. The minimum Gasteiger partial charge on any atom is -0.274 e. The first kappa shape index (κ1) is 19.0. The molecule has 156 valence electrons. The Morgan fingerprint density at radius 3 is 1.59 bits per heavy atom. The van der Waals surface area contributed by atoms with Gasteiger partial charge in [0.05, 0.1) is 17.5 Å². The molecule has 1 saturated carbocycles. The summed E-state index contributed by atoms with van der Waals surface area (Å²) in [6.07, 6.45) is 4.30. The van der Waals surface area contributed by atoms with Crippen molar-refractivity contribution in [3.8, 4) is 0 Å². The second kappa shape index (κ2) is 7.16. The van der Waals surface area contributed by atoms with Crippen LogP contribution >= 0.6 is 0 Å². The maximum absolute atomic E-state index is 13.6. The van der Waals surface area contributed by atoms with E-state index in [9.17, 15) is 9.59 Å². The fourth-order valence-corrected chi connectivity index (χ4v) is 5.75. The van der Waals surface area contributed by atoms with E-state index < -0.39 is 0 Å². The number of carbonyl (C=O) groups is 2. The number of carbonyl (C=O) groups excluding carboxylic acids is 2. The van der Waals surface area contributed by atoms with Crippen LogP contribution in [0.4, 0.5) is 5.69 Å². The van der Waals surface area contributed by atoms with Gasteiger partial charge in [-0.15, -0.1) is 0 Å². The number of aryl methyl sites for hydroxylation is 1. The van der Waals surface area contributed by atoms with Crippen molar-refractivity contribution in [2.75, 3.05) is 4.90 Å². The zero-order chi connectivity index (χ0) is 21.8. The molecule has 1 aliphatic heterocycles. The predicted octanol–water partition coefficient (Wildman–Crippen LogP) is 5.42. The topological polar surface area (TPSA) is 37.4 Å². The van der Waals surface area contributed by atoms with Gasteiger partial charge in [-0.3, -0.25) is 9.59 Å². The lowest BCUT2D eigenvalue weighted by Gasteiger charge is -2.21. The molecule has 0 N–H and O–H groups in total. The molecule has 1 saturated heterocycles. The maximum atomic E-state index is 13.6. The van der Waals surface area contributed by atoms with Gasteiger partial charge in [-0.25, -0.2) is 4.90 Å². The molecular weight excluding hydrogens is 394 g/mol. The minimum absolute atomic E-state index is 0.0488. The maximum Gasteiger partial charge on any atom is 0.238 e. The lowest BCUT2D eigenvalue weighted by Crippen LogP contribution is -2.33. The molecule has 4 atom stereocenters. The highest BCUT2D eigenvalue weighted by atomic mass is 16.2. The van der Waals surface area contributed by atoms with E-state index >= 15 is 0 Å². The van der Waals surface area contributed by atoms with Crippen LogP contribution in [-0.2, 0) is 9.59 Å². The fourth-order valence-electron chi connectivity index (χ4n) is 5.75. The van der Waals surface area contributed by atoms with Crippen LogP contribution in [0.25, 0.3) is 5.57 Å². The number of hydrogen-bond donors (Lipinski definition) is 0. The molecular formula is C29H23NO2. The highest BCUT2D eigenvalue weighted by molar-refractivity contribution is 6.23. The Hall–Kier alpha value is -3.72. The summed E-state index contributed by atoms with van der Waals surface area (Å²) in [6, 6.07) is 28.3. The van der Waals surface area contributed by atoms with Crippen LogP contribution in [0, 0.1) is 30.6 Å². The number of benzene rings is 3. The smallest absolute Gasteiger partial charge is 0.238 e. The Morgan fingerprint density at radius 2 is 1.12 bits per heavy atom. The molecule has 3 aliphatic rings. The van der Waals surface area contributed by atoms with Crippen molar-refractivity contribution in [1.29, 1.82) is 0 Å². The fraction of sp³-hybridized carbons (Fsp3) is 0.172. The summed E-state index contributed by atoms with van der Waals surface area (Å²) in [5.74, 6) is -0.885. The van der Waals surface area contributed by atoms with Crippen LogP contribution in [0.5, 0.6) is 0 Å². The lowest BCUT2D eigenvalue weighted by molar-refractivity contribution is -0.122. The Balaban J connectivity index is 1.48. The summed E-state index contributed by atoms with van der Waals surface area (Å²) in [5, 5.41) is 0. The first-order valence-corrected chi connectivity index (χ1v) is 11.1. The van der Waals surface area contributed by atoms with Gasteiger partial charge in [0.1, 0.15) is 0 Å². The molecule has 2 fully saturated rings. The third-order valence-electron chi connectivity index (χ3n) is 7.12. The number of nitrogens with zero attached hydrogens (tertiary/aromatic N) is 1. The van der Waals surface area contributed by atoms with E-state index in [1.165, 1.54) is 10.5 Å². The molecule has 0 unspecified atom stereocenters. The van der Waals surface area contributed by atoms with E-state index in [1.807, 2.05) is 67.6 Å². The number of imide groups is 1. The summed E-state index contributed by atoms with van der Waals surface area (Å²) in [6.45, 7) is 2.00. The minimum atomic E-state index is -0.323. The van der Waals surface area contributed by atoms with Gasteiger partial charge in [0, 0.05) is 11.8 Å². The van der Waals surface area contributed by atoms with Gasteiger partial charge in [-0.1, -0.05) is 90.5 Å². The van der Waals surface area contributed by atoms with Gasteiger partial charge in [0.2, 0.25) is 11.8 Å². The number of rotatable bonds is 3. The molecule has 0 aromatic heterocycles. The molecule has 32 heavy (non-hydrogen) atoms. The predicted molar refractivity (Wildman–Crippen MR) is 126 cm³/mol. The van der Waals surface area contributed by atoms with Crippen molar-refractivity contribution in [3.63, 3.8) is 0 Å². The Bertz CT molecular complexity index is 1200. The number of allylic oxidation sites excluding steroid dienone is 3. The zero-order valence-corrected chi connectivity index (χ0v) is 17.8. The molecule has 2 aliphatic carbocycles. The van der Waals surface area contributed by atoms with Gasteiger partial charge < -0.3 is 0 Å². The SMILES string of the molecule is Cc1ccc(N2C(=O)[C@@H]3[C@@H](C2=O)[C@H]2C=C[C@@H]3C2=C(c2ccccc2)c2ccccc2)cc1. The van der Waals surface area contributed by atoms with E-state index in [0.29, 0.717) is 5.69 Å². The van der Waals surface area contributed by atoms with E-state index in [2.05, 4.69) is 36.4 Å².